The molecule has 2 atom stereocenters. The number of fused-ring (bicyclic) bond motifs is 1. The molecule has 0 aromatic heterocycles. The molecule has 1 heterocycles. The van der Waals surface area contributed by atoms with Crippen molar-refractivity contribution in [2.45, 2.75) is 37.9 Å². The summed E-state index contributed by atoms with van der Waals surface area (Å²) in [5, 5.41) is 13.9. The Kier molecular flexibility index (Phi) is 8.54. The number of esters is 1. The minimum Gasteiger partial charge on any atom is -0.530 e. The SMILES string of the molecule is O=C(OCCCc1ccc(C2CCN(C(=O)[O-])CC2OCc2ccc3ccccc3c2)cc1)c1ccccc1. The third kappa shape index (κ3) is 6.84. The van der Waals surface area contributed by atoms with Crippen LogP contribution in [-0.4, -0.2) is 42.8 Å². The van der Waals surface area contributed by atoms with E-state index in [4.69, 9.17) is 9.47 Å². The standard InChI is InChI=1S/C33H33NO5/c35-32(28-9-2-1-3-10-28)38-20-6-7-24-12-16-27(17-13-24)30-18-19-34(33(36)37)22-31(30)39-23-25-14-15-26-8-4-5-11-29(26)21-25/h1-5,8-17,21,30-31H,6-7,18-20,22-23H2,(H,36,37)/p-1. The van der Waals surface area contributed by atoms with E-state index in [1.807, 2.05) is 30.3 Å². The van der Waals surface area contributed by atoms with Crippen LogP contribution < -0.4 is 5.11 Å². The molecule has 0 bridgehead atoms. The molecule has 1 amide bonds. The molecule has 0 aliphatic carbocycles. The fraction of sp³-hybridized carbons (Fsp3) is 0.273. The summed E-state index contributed by atoms with van der Waals surface area (Å²) in [7, 11) is 0. The molecule has 200 valence electrons. The lowest BCUT2D eigenvalue weighted by Crippen LogP contribution is -2.51. The van der Waals surface area contributed by atoms with Gasteiger partial charge in [0.05, 0.1) is 24.9 Å². The van der Waals surface area contributed by atoms with Crippen molar-refractivity contribution in [3.05, 3.63) is 119 Å². The first kappa shape index (κ1) is 26.4. The Hall–Kier alpha value is -4.16. The molecule has 2 unspecified atom stereocenters. The summed E-state index contributed by atoms with van der Waals surface area (Å²) < 4.78 is 11.7. The van der Waals surface area contributed by atoms with Gasteiger partial charge in [0.2, 0.25) is 0 Å². The van der Waals surface area contributed by atoms with Gasteiger partial charge in [-0.1, -0.05) is 78.9 Å². The predicted octanol–water partition coefficient (Wildman–Crippen LogP) is 5.35. The first-order chi connectivity index (χ1) is 19.1. The van der Waals surface area contributed by atoms with E-state index in [0.717, 1.165) is 34.9 Å². The van der Waals surface area contributed by atoms with Crippen molar-refractivity contribution < 1.29 is 24.2 Å². The van der Waals surface area contributed by atoms with Crippen molar-refractivity contribution in [3.8, 4) is 0 Å². The third-order valence-electron chi connectivity index (χ3n) is 7.36. The molecule has 1 aliphatic heterocycles. The summed E-state index contributed by atoms with van der Waals surface area (Å²) in [6.07, 6.45) is 0.778. The lowest BCUT2D eigenvalue weighted by Gasteiger charge is -2.40. The number of carbonyl (C=O) groups excluding carboxylic acids is 2. The maximum atomic E-state index is 12.1. The number of nitrogens with zero attached hydrogens (tertiary/aromatic N) is 1. The fourth-order valence-corrected chi connectivity index (χ4v) is 5.19. The molecule has 0 saturated carbocycles. The van der Waals surface area contributed by atoms with Crippen LogP contribution in [0.1, 0.15) is 45.8 Å². The van der Waals surface area contributed by atoms with Crippen molar-refractivity contribution in [2.24, 2.45) is 0 Å². The van der Waals surface area contributed by atoms with E-state index in [2.05, 4.69) is 54.6 Å². The number of rotatable bonds is 9. The topological polar surface area (TPSA) is 78.9 Å². The Morgan fingerprint density at radius 2 is 1.56 bits per heavy atom. The number of ether oxygens (including phenoxy) is 2. The molecule has 1 fully saturated rings. The number of hydrogen-bond donors (Lipinski definition) is 0. The van der Waals surface area contributed by atoms with Crippen molar-refractivity contribution in [3.63, 3.8) is 0 Å². The Morgan fingerprint density at radius 3 is 2.33 bits per heavy atom. The Labute approximate surface area is 228 Å². The summed E-state index contributed by atoms with van der Waals surface area (Å²) in [4.78, 5) is 25.0. The highest BCUT2D eigenvalue weighted by Gasteiger charge is 2.31. The monoisotopic (exact) mass is 522 g/mol. The number of carbonyl (C=O) groups is 2. The predicted molar refractivity (Wildman–Crippen MR) is 148 cm³/mol. The first-order valence-electron chi connectivity index (χ1n) is 13.4. The Morgan fingerprint density at radius 1 is 0.846 bits per heavy atom. The molecule has 1 saturated heterocycles. The lowest BCUT2D eigenvalue weighted by molar-refractivity contribution is -0.268. The molecule has 1 aliphatic rings. The molecule has 0 spiro atoms. The third-order valence-corrected chi connectivity index (χ3v) is 7.36. The minimum absolute atomic E-state index is 0.0851. The number of hydrogen-bond acceptors (Lipinski definition) is 5. The van der Waals surface area contributed by atoms with Gasteiger partial charge in [-0.2, -0.15) is 0 Å². The largest absolute Gasteiger partial charge is 0.530 e. The van der Waals surface area contributed by atoms with Gasteiger partial charge < -0.3 is 24.3 Å². The number of piperidine rings is 1. The Balaban J connectivity index is 1.18. The van der Waals surface area contributed by atoms with Crippen molar-refractivity contribution >= 4 is 22.8 Å². The second kappa shape index (κ2) is 12.6. The van der Waals surface area contributed by atoms with Crippen LogP contribution in [-0.2, 0) is 22.5 Å². The quantitative estimate of drug-likeness (QED) is 0.219. The van der Waals surface area contributed by atoms with E-state index in [9.17, 15) is 14.7 Å². The van der Waals surface area contributed by atoms with Gasteiger partial charge in [0, 0.05) is 19.0 Å². The number of aryl methyl sites for hydroxylation is 1. The number of likely N-dealkylation sites (tertiary alicyclic amines) is 1. The molecule has 0 N–H and O–H groups in total. The summed E-state index contributed by atoms with van der Waals surface area (Å²) in [6.45, 7) is 1.49. The highest BCUT2D eigenvalue weighted by Crippen LogP contribution is 2.31. The van der Waals surface area contributed by atoms with Crippen LogP contribution in [0.5, 0.6) is 0 Å². The summed E-state index contributed by atoms with van der Waals surface area (Å²) in [5.74, 6) is -0.217. The lowest BCUT2D eigenvalue weighted by atomic mass is 9.86. The van der Waals surface area contributed by atoms with Crippen molar-refractivity contribution in [1.82, 2.24) is 4.90 Å². The molecule has 6 heteroatoms. The Bertz CT molecular complexity index is 1400. The zero-order valence-corrected chi connectivity index (χ0v) is 21.8. The summed E-state index contributed by atoms with van der Waals surface area (Å²) in [5.41, 5.74) is 3.91. The van der Waals surface area contributed by atoms with E-state index < -0.39 is 6.09 Å². The summed E-state index contributed by atoms with van der Waals surface area (Å²) in [6, 6.07) is 31.9. The van der Waals surface area contributed by atoms with E-state index in [1.54, 1.807) is 12.1 Å². The molecule has 4 aromatic rings. The molecular weight excluding hydrogens is 490 g/mol. The minimum atomic E-state index is -1.16. The highest BCUT2D eigenvalue weighted by molar-refractivity contribution is 5.89. The molecular formula is C33H32NO5-. The number of benzene rings is 4. The molecule has 39 heavy (non-hydrogen) atoms. The van der Waals surface area contributed by atoms with Crippen LogP contribution in [0.3, 0.4) is 0 Å². The fourth-order valence-electron chi connectivity index (χ4n) is 5.19. The molecule has 0 radical (unpaired) electrons. The number of carboxylic acid groups (broad SMARTS) is 1. The van der Waals surface area contributed by atoms with Crippen LogP contribution in [0.15, 0.2) is 97.1 Å². The van der Waals surface area contributed by atoms with Crippen molar-refractivity contribution in [2.75, 3.05) is 19.7 Å². The molecule has 5 rings (SSSR count). The molecule has 6 nitrogen and oxygen atoms in total. The average molecular weight is 523 g/mol. The van der Waals surface area contributed by atoms with Gasteiger partial charge in [-0.05, 0) is 64.9 Å². The zero-order chi connectivity index (χ0) is 27.0. The van der Waals surface area contributed by atoms with Gasteiger partial charge >= 0.3 is 5.97 Å². The second-order valence-electron chi connectivity index (χ2n) is 9.99. The summed E-state index contributed by atoms with van der Waals surface area (Å²) >= 11 is 0. The van der Waals surface area contributed by atoms with E-state index in [-0.39, 0.29) is 24.5 Å². The van der Waals surface area contributed by atoms with Gasteiger partial charge in [0.15, 0.2) is 0 Å². The van der Waals surface area contributed by atoms with Gasteiger partial charge in [-0.3, -0.25) is 0 Å². The van der Waals surface area contributed by atoms with Gasteiger partial charge in [-0.15, -0.1) is 0 Å². The van der Waals surface area contributed by atoms with Crippen LogP contribution in [0, 0.1) is 0 Å². The smallest absolute Gasteiger partial charge is 0.338 e. The van der Waals surface area contributed by atoms with Crippen LogP contribution in [0.4, 0.5) is 4.79 Å². The maximum absolute atomic E-state index is 12.1. The second-order valence-corrected chi connectivity index (χ2v) is 9.99. The number of amides is 1. The highest BCUT2D eigenvalue weighted by atomic mass is 16.5. The van der Waals surface area contributed by atoms with E-state index >= 15 is 0 Å². The van der Waals surface area contributed by atoms with E-state index in [0.29, 0.717) is 31.7 Å². The molecule has 4 aromatic carbocycles. The first-order valence-corrected chi connectivity index (χ1v) is 13.4. The average Bonchev–Trinajstić information content (AvgIpc) is 2.98. The zero-order valence-electron chi connectivity index (χ0n) is 21.8. The van der Waals surface area contributed by atoms with E-state index in [1.165, 1.54) is 10.3 Å². The van der Waals surface area contributed by atoms with Crippen molar-refractivity contribution in [1.29, 1.82) is 0 Å². The maximum Gasteiger partial charge on any atom is 0.338 e. The van der Waals surface area contributed by atoms with Gasteiger partial charge in [-0.25, -0.2) is 4.79 Å². The van der Waals surface area contributed by atoms with Crippen LogP contribution in [0.2, 0.25) is 0 Å². The van der Waals surface area contributed by atoms with Crippen LogP contribution >= 0.6 is 0 Å². The van der Waals surface area contributed by atoms with Crippen LogP contribution in [0.25, 0.3) is 10.8 Å². The van der Waals surface area contributed by atoms with Gasteiger partial charge in [0.1, 0.15) is 6.09 Å². The normalized spacial score (nSPS) is 17.2. The van der Waals surface area contributed by atoms with Gasteiger partial charge in [0.25, 0.3) is 0 Å².